The van der Waals surface area contributed by atoms with E-state index in [1.165, 1.54) is 11.1 Å². The van der Waals surface area contributed by atoms with Gasteiger partial charge >= 0.3 is 0 Å². The van der Waals surface area contributed by atoms with Crippen LogP contribution in [0.5, 0.6) is 0 Å². The molecule has 0 bridgehead atoms. The van der Waals surface area contributed by atoms with Gasteiger partial charge in [0.25, 0.3) is 10.0 Å². The summed E-state index contributed by atoms with van der Waals surface area (Å²) >= 11 is 0. The monoisotopic (exact) mass is 451 g/mol. The van der Waals surface area contributed by atoms with Gasteiger partial charge in [-0.15, -0.1) is 0 Å². The lowest BCUT2D eigenvalue weighted by molar-refractivity contribution is 0.568. The van der Waals surface area contributed by atoms with Crippen molar-refractivity contribution < 1.29 is 17.2 Å². The smallest absolute Gasteiger partial charge is 0.262 e. The molecule has 0 radical (unpaired) electrons. The van der Waals surface area contributed by atoms with E-state index < -0.39 is 26.6 Å². The van der Waals surface area contributed by atoms with Crippen LogP contribution in [0.4, 0.5) is 20.3 Å². The summed E-state index contributed by atoms with van der Waals surface area (Å²) in [6.45, 7) is 0. The second kappa shape index (κ2) is 7.87. The Balaban J connectivity index is 1.43. The fourth-order valence-electron chi connectivity index (χ4n) is 4.10. The van der Waals surface area contributed by atoms with Crippen molar-refractivity contribution in [2.45, 2.75) is 23.8 Å². The van der Waals surface area contributed by atoms with Gasteiger partial charge in [-0.1, -0.05) is 30.3 Å². The third kappa shape index (κ3) is 3.89. The minimum atomic E-state index is -4.19. The Morgan fingerprint density at radius 3 is 2.50 bits per heavy atom. The maximum atomic E-state index is 13.5. The summed E-state index contributed by atoms with van der Waals surface area (Å²) in [5.74, 6) is -1.24. The zero-order chi connectivity index (χ0) is 22.3. The normalized spacial score (nSPS) is 15.5. The molecule has 5 nitrogen and oxygen atoms in total. The molecular weight excluding hydrogens is 432 g/mol. The minimum Gasteiger partial charge on any atom is -0.363 e. The number of benzene rings is 3. The highest BCUT2D eigenvalue weighted by Crippen LogP contribution is 2.34. The Hall–Kier alpha value is -3.52. The molecule has 5 rings (SSSR count). The lowest BCUT2D eigenvalue weighted by Gasteiger charge is -2.16. The molecule has 2 N–H and O–H groups in total. The van der Waals surface area contributed by atoms with Crippen LogP contribution in [0.25, 0.3) is 10.9 Å². The SMILES string of the molecule is O=S(=O)(Nc1cccc2nc(NC3CCc4ccccc43)ccc12)c1cc(F)cc(F)c1. The van der Waals surface area contributed by atoms with Crippen molar-refractivity contribution in [2.75, 3.05) is 10.0 Å². The number of sulfonamides is 1. The van der Waals surface area contributed by atoms with Crippen LogP contribution in [-0.4, -0.2) is 13.4 Å². The van der Waals surface area contributed by atoms with Gasteiger partial charge in [-0.05, 0) is 60.4 Å². The Bertz CT molecular complexity index is 1420. The number of anilines is 2. The molecule has 162 valence electrons. The van der Waals surface area contributed by atoms with Gasteiger partial charge in [-0.25, -0.2) is 22.2 Å². The fraction of sp³-hybridized carbons (Fsp3) is 0.125. The molecule has 4 aromatic rings. The number of aromatic nitrogens is 1. The third-order valence-corrected chi connectivity index (χ3v) is 6.92. The van der Waals surface area contributed by atoms with Gasteiger partial charge < -0.3 is 5.32 Å². The summed E-state index contributed by atoms with van der Waals surface area (Å²) in [6, 6.07) is 19.3. The van der Waals surface area contributed by atoms with Gasteiger partial charge in [-0.3, -0.25) is 4.72 Å². The highest BCUT2D eigenvalue weighted by molar-refractivity contribution is 7.92. The molecule has 1 heterocycles. The van der Waals surface area contributed by atoms with Gasteiger partial charge in [0.05, 0.1) is 22.1 Å². The highest BCUT2D eigenvalue weighted by atomic mass is 32.2. The number of hydrogen-bond acceptors (Lipinski definition) is 4. The summed E-state index contributed by atoms with van der Waals surface area (Å²) in [7, 11) is -4.19. The van der Waals surface area contributed by atoms with Gasteiger partial charge in [0.1, 0.15) is 17.5 Å². The second-order valence-corrected chi connectivity index (χ2v) is 9.40. The quantitative estimate of drug-likeness (QED) is 0.425. The number of fused-ring (bicyclic) bond motifs is 2. The lowest BCUT2D eigenvalue weighted by atomic mass is 10.1. The topological polar surface area (TPSA) is 71.1 Å². The van der Waals surface area contributed by atoms with Crippen LogP contribution in [0.1, 0.15) is 23.6 Å². The van der Waals surface area contributed by atoms with Gasteiger partial charge in [0, 0.05) is 11.5 Å². The van der Waals surface area contributed by atoms with Crippen molar-refractivity contribution >= 4 is 32.4 Å². The Morgan fingerprint density at radius 1 is 0.906 bits per heavy atom. The zero-order valence-corrected chi connectivity index (χ0v) is 17.7. The highest BCUT2D eigenvalue weighted by Gasteiger charge is 2.22. The van der Waals surface area contributed by atoms with Crippen LogP contribution >= 0.6 is 0 Å². The molecule has 1 unspecified atom stereocenters. The van der Waals surface area contributed by atoms with Crippen LogP contribution in [0.2, 0.25) is 0 Å². The zero-order valence-electron chi connectivity index (χ0n) is 16.8. The Morgan fingerprint density at radius 2 is 1.69 bits per heavy atom. The third-order valence-electron chi connectivity index (χ3n) is 5.58. The molecule has 0 spiro atoms. The van der Waals surface area contributed by atoms with Gasteiger partial charge in [0.2, 0.25) is 0 Å². The fourth-order valence-corrected chi connectivity index (χ4v) is 5.22. The Labute approximate surface area is 184 Å². The molecule has 1 aromatic heterocycles. The largest absolute Gasteiger partial charge is 0.363 e. The van der Waals surface area contributed by atoms with E-state index in [2.05, 4.69) is 27.2 Å². The van der Waals surface area contributed by atoms with Crippen molar-refractivity contribution in [3.05, 3.63) is 95.6 Å². The van der Waals surface area contributed by atoms with Crippen molar-refractivity contribution in [3.63, 3.8) is 0 Å². The summed E-state index contributed by atoms with van der Waals surface area (Å²) in [4.78, 5) is 4.15. The first-order chi connectivity index (χ1) is 15.4. The van der Waals surface area contributed by atoms with Gasteiger partial charge in [0.15, 0.2) is 0 Å². The molecule has 32 heavy (non-hydrogen) atoms. The average Bonchev–Trinajstić information content (AvgIpc) is 3.16. The van der Waals surface area contributed by atoms with E-state index in [9.17, 15) is 17.2 Å². The number of halogens is 2. The van der Waals surface area contributed by atoms with E-state index in [-0.39, 0.29) is 11.7 Å². The molecular formula is C24H19F2N3O2S. The van der Waals surface area contributed by atoms with E-state index in [1.54, 1.807) is 30.3 Å². The molecule has 1 atom stereocenters. The molecule has 0 saturated carbocycles. The van der Waals surface area contributed by atoms with E-state index in [1.807, 2.05) is 12.1 Å². The summed E-state index contributed by atoms with van der Waals surface area (Å²) in [5, 5.41) is 4.04. The minimum absolute atomic E-state index is 0.167. The van der Waals surface area contributed by atoms with E-state index in [4.69, 9.17) is 0 Å². The van der Waals surface area contributed by atoms with E-state index in [0.29, 0.717) is 22.8 Å². The number of pyridine rings is 1. The average molecular weight is 451 g/mol. The van der Waals surface area contributed by atoms with Crippen LogP contribution in [-0.2, 0) is 16.4 Å². The predicted octanol–water partition coefficient (Wildman–Crippen LogP) is 5.41. The number of rotatable bonds is 5. The molecule has 0 amide bonds. The number of hydrogen-bond donors (Lipinski definition) is 2. The first-order valence-corrected chi connectivity index (χ1v) is 11.6. The van der Waals surface area contributed by atoms with Crippen molar-refractivity contribution in [1.29, 1.82) is 0 Å². The first-order valence-electron chi connectivity index (χ1n) is 10.1. The molecule has 1 aliphatic carbocycles. The van der Waals surface area contributed by atoms with E-state index >= 15 is 0 Å². The molecule has 8 heteroatoms. The van der Waals surface area contributed by atoms with Crippen molar-refractivity contribution in [3.8, 4) is 0 Å². The Kier molecular flexibility index (Phi) is 5.01. The molecule has 0 fully saturated rings. The molecule has 0 aliphatic heterocycles. The lowest BCUT2D eigenvalue weighted by Crippen LogP contribution is -2.14. The van der Waals surface area contributed by atoms with Crippen molar-refractivity contribution in [2.24, 2.45) is 0 Å². The maximum Gasteiger partial charge on any atom is 0.262 e. The molecule has 3 aromatic carbocycles. The van der Waals surface area contributed by atoms with Gasteiger partial charge in [-0.2, -0.15) is 0 Å². The summed E-state index contributed by atoms with van der Waals surface area (Å²) in [6.07, 6.45) is 1.98. The first kappa shape index (κ1) is 20.4. The maximum absolute atomic E-state index is 13.5. The van der Waals surface area contributed by atoms with Crippen LogP contribution < -0.4 is 10.0 Å². The number of nitrogens with one attached hydrogen (secondary N) is 2. The predicted molar refractivity (Wildman–Crippen MR) is 120 cm³/mol. The van der Waals surface area contributed by atoms with Crippen LogP contribution in [0, 0.1) is 11.6 Å². The van der Waals surface area contributed by atoms with Crippen molar-refractivity contribution in [1.82, 2.24) is 4.98 Å². The number of aryl methyl sites for hydroxylation is 1. The molecule has 0 saturated heterocycles. The van der Waals surface area contributed by atoms with E-state index in [0.717, 1.165) is 25.0 Å². The standard InChI is InChI=1S/C24H19F2N3O2S/c25-16-12-17(26)14-18(13-16)32(30,31)29-23-7-3-6-21-20(23)9-11-24(27-21)28-22-10-8-15-4-1-2-5-19(15)22/h1-7,9,11-14,22,29H,8,10H2,(H,27,28). The second-order valence-electron chi connectivity index (χ2n) is 7.71. The molecule has 1 aliphatic rings. The summed E-state index contributed by atoms with van der Waals surface area (Å²) in [5.41, 5.74) is 3.46. The van der Waals surface area contributed by atoms with Crippen LogP contribution in [0.15, 0.2) is 77.7 Å². The number of nitrogens with zero attached hydrogens (tertiary/aromatic N) is 1. The summed E-state index contributed by atoms with van der Waals surface area (Å²) < 4.78 is 54.8. The van der Waals surface area contributed by atoms with Crippen LogP contribution in [0.3, 0.4) is 0 Å².